The molecule has 1 amide bonds. The number of carbonyl (C=O) groups excluding carboxylic acids is 1. The van der Waals surface area contributed by atoms with Crippen LogP contribution in [0.4, 0.5) is 10.2 Å². The lowest BCUT2D eigenvalue weighted by atomic mass is 10.1. The van der Waals surface area contributed by atoms with E-state index in [4.69, 9.17) is 0 Å². The molecule has 1 fully saturated rings. The summed E-state index contributed by atoms with van der Waals surface area (Å²) in [6, 6.07) is 10.3. The molecular weight excluding hydrogens is 305 g/mol. The van der Waals surface area contributed by atoms with Crippen molar-refractivity contribution in [3.8, 4) is 0 Å². The first-order chi connectivity index (χ1) is 11.7. The third-order valence-electron chi connectivity index (χ3n) is 4.29. The standard InChI is InChI=1S/C19H22FN3O/c20-17-7-3-2-6-16(17)12-19(24)22-14-15-8-9-18(21-13-15)23-10-4-1-5-11-23/h2-3,6-9,13H,1,4-5,10-12,14H2,(H,22,24). The number of anilines is 1. The van der Waals surface area contributed by atoms with Gasteiger partial charge in [0, 0.05) is 25.8 Å². The van der Waals surface area contributed by atoms with Crippen LogP contribution < -0.4 is 10.2 Å². The summed E-state index contributed by atoms with van der Waals surface area (Å²) in [6.07, 6.45) is 5.58. The minimum absolute atomic E-state index is 0.0476. The minimum atomic E-state index is -0.347. The fourth-order valence-electron chi connectivity index (χ4n) is 2.91. The lowest BCUT2D eigenvalue weighted by Crippen LogP contribution is -2.30. The Morgan fingerprint density at radius 2 is 1.92 bits per heavy atom. The van der Waals surface area contributed by atoms with E-state index in [1.165, 1.54) is 25.3 Å². The van der Waals surface area contributed by atoms with Crippen molar-refractivity contribution >= 4 is 11.7 Å². The van der Waals surface area contributed by atoms with Crippen LogP contribution in [0.15, 0.2) is 42.6 Å². The minimum Gasteiger partial charge on any atom is -0.357 e. The number of aromatic nitrogens is 1. The van der Waals surface area contributed by atoms with Crippen molar-refractivity contribution in [2.75, 3.05) is 18.0 Å². The van der Waals surface area contributed by atoms with Crippen LogP contribution in [0.2, 0.25) is 0 Å². The third-order valence-corrected chi connectivity index (χ3v) is 4.29. The maximum atomic E-state index is 13.5. The Morgan fingerprint density at radius 1 is 1.12 bits per heavy atom. The third kappa shape index (κ3) is 4.31. The molecule has 4 nitrogen and oxygen atoms in total. The van der Waals surface area contributed by atoms with Gasteiger partial charge in [-0.05, 0) is 42.5 Å². The molecule has 1 aromatic carbocycles. The van der Waals surface area contributed by atoms with Crippen LogP contribution in [-0.4, -0.2) is 24.0 Å². The molecule has 1 aliphatic rings. The van der Waals surface area contributed by atoms with Crippen LogP contribution in [0.3, 0.4) is 0 Å². The van der Waals surface area contributed by atoms with E-state index >= 15 is 0 Å². The van der Waals surface area contributed by atoms with E-state index < -0.39 is 0 Å². The van der Waals surface area contributed by atoms with Gasteiger partial charge in [-0.3, -0.25) is 4.79 Å². The predicted molar refractivity (Wildman–Crippen MR) is 92.3 cm³/mol. The first-order valence-electron chi connectivity index (χ1n) is 8.42. The van der Waals surface area contributed by atoms with Gasteiger partial charge in [0.15, 0.2) is 0 Å². The summed E-state index contributed by atoms with van der Waals surface area (Å²) in [4.78, 5) is 18.7. The Kier molecular flexibility index (Phi) is 5.41. The van der Waals surface area contributed by atoms with E-state index in [0.717, 1.165) is 24.5 Å². The number of hydrogen-bond donors (Lipinski definition) is 1. The number of hydrogen-bond acceptors (Lipinski definition) is 3. The van der Waals surface area contributed by atoms with Crippen LogP contribution in [0.25, 0.3) is 0 Å². The molecule has 0 atom stereocenters. The summed E-state index contributed by atoms with van der Waals surface area (Å²) in [5, 5.41) is 2.81. The van der Waals surface area contributed by atoms with Crippen molar-refractivity contribution in [3.63, 3.8) is 0 Å². The first kappa shape index (κ1) is 16.4. The van der Waals surface area contributed by atoms with Crippen molar-refractivity contribution in [3.05, 3.63) is 59.5 Å². The molecule has 1 N–H and O–H groups in total. The Labute approximate surface area is 141 Å². The largest absolute Gasteiger partial charge is 0.357 e. The topological polar surface area (TPSA) is 45.2 Å². The van der Waals surface area contributed by atoms with Crippen molar-refractivity contribution < 1.29 is 9.18 Å². The van der Waals surface area contributed by atoms with Gasteiger partial charge in [-0.15, -0.1) is 0 Å². The average Bonchev–Trinajstić information content (AvgIpc) is 2.63. The molecule has 3 rings (SSSR count). The summed E-state index contributed by atoms with van der Waals surface area (Å²) in [7, 11) is 0. The summed E-state index contributed by atoms with van der Waals surface area (Å²) in [6.45, 7) is 2.53. The molecule has 24 heavy (non-hydrogen) atoms. The van der Waals surface area contributed by atoms with Crippen LogP contribution in [0.1, 0.15) is 30.4 Å². The number of nitrogens with zero attached hydrogens (tertiary/aromatic N) is 2. The molecule has 0 bridgehead atoms. The van der Waals surface area contributed by atoms with Crippen molar-refractivity contribution in [1.82, 2.24) is 10.3 Å². The molecule has 1 aromatic heterocycles. The van der Waals surface area contributed by atoms with Crippen LogP contribution >= 0.6 is 0 Å². The van der Waals surface area contributed by atoms with Crippen molar-refractivity contribution in [2.24, 2.45) is 0 Å². The molecular formula is C19H22FN3O. The van der Waals surface area contributed by atoms with E-state index in [-0.39, 0.29) is 18.1 Å². The Hall–Kier alpha value is -2.43. The average molecular weight is 327 g/mol. The molecule has 0 spiro atoms. The smallest absolute Gasteiger partial charge is 0.224 e. The number of piperidine rings is 1. The second-order valence-electron chi connectivity index (χ2n) is 6.12. The molecule has 0 aliphatic carbocycles. The van der Waals surface area contributed by atoms with Crippen LogP contribution in [0, 0.1) is 5.82 Å². The number of benzene rings is 1. The molecule has 0 saturated carbocycles. The van der Waals surface area contributed by atoms with Gasteiger partial charge in [-0.25, -0.2) is 9.37 Å². The zero-order chi connectivity index (χ0) is 16.8. The highest BCUT2D eigenvalue weighted by Crippen LogP contribution is 2.17. The highest BCUT2D eigenvalue weighted by atomic mass is 19.1. The van der Waals surface area contributed by atoms with Gasteiger partial charge >= 0.3 is 0 Å². The lowest BCUT2D eigenvalue weighted by molar-refractivity contribution is -0.120. The molecule has 2 aromatic rings. The van der Waals surface area contributed by atoms with E-state index in [1.807, 2.05) is 12.1 Å². The summed E-state index contributed by atoms with van der Waals surface area (Å²) >= 11 is 0. The quantitative estimate of drug-likeness (QED) is 0.918. The zero-order valence-corrected chi connectivity index (χ0v) is 13.7. The first-order valence-corrected chi connectivity index (χ1v) is 8.42. The number of rotatable bonds is 5. The second-order valence-corrected chi connectivity index (χ2v) is 6.12. The van der Waals surface area contributed by atoms with Gasteiger partial charge in [0.25, 0.3) is 0 Å². The van der Waals surface area contributed by atoms with Crippen molar-refractivity contribution in [2.45, 2.75) is 32.2 Å². The zero-order valence-electron chi connectivity index (χ0n) is 13.7. The second kappa shape index (κ2) is 7.90. The molecule has 126 valence electrons. The highest BCUT2D eigenvalue weighted by molar-refractivity contribution is 5.78. The molecule has 1 saturated heterocycles. The van der Waals surface area contributed by atoms with Gasteiger partial charge < -0.3 is 10.2 Å². The predicted octanol–water partition coefficient (Wildman–Crippen LogP) is 3.07. The van der Waals surface area contributed by atoms with E-state index in [9.17, 15) is 9.18 Å². The van der Waals surface area contributed by atoms with Gasteiger partial charge in [0.1, 0.15) is 11.6 Å². The fourth-order valence-corrected chi connectivity index (χ4v) is 2.91. The van der Waals surface area contributed by atoms with Gasteiger partial charge in [0.05, 0.1) is 6.42 Å². The van der Waals surface area contributed by atoms with E-state index in [1.54, 1.807) is 24.4 Å². The van der Waals surface area contributed by atoms with Crippen LogP contribution in [-0.2, 0) is 17.8 Å². The lowest BCUT2D eigenvalue weighted by Gasteiger charge is -2.27. The van der Waals surface area contributed by atoms with Gasteiger partial charge in [0.2, 0.25) is 5.91 Å². The summed E-state index contributed by atoms with van der Waals surface area (Å²) < 4.78 is 13.5. The Balaban J connectivity index is 1.51. The molecule has 1 aliphatic heterocycles. The SMILES string of the molecule is O=C(Cc1ccccc1F)NCc1ccc(N2CCCCC2)nc1. The maximum absolute atomic E-state index is 13.5. The van der Waals surface area contributed by atoms with Crippen LogP contribution in [0.5, 0.6) is 0 Å². The monoisotopic (exact) mass is 327 g/mol. The molecule has 5 heteroatoms. The normalized spacial score (nSPS) is 14.5. The summed E-state index contributed by atoms with van der Waals surface area (Å²) in [5.41, 5.74) is 1.35. The molecule has 0 radical (unpaired) electrons. The molecule has 0 unspecified atom stereocenters. The molecule has 2 heterocycles. The van der Waals surface area contributed by atoms with E-state index in [0.29, 0.717) is 12.1 Å². The van der Waals surface area contributed by atoms with E-state index in [2.05, 4.69) is 15.2 Å². The Morgan fingerprint density at radius 3 is 2.62 bits per heavy atom. The number of pyridine rings is 1. The summed E-state index contributed by atoms with van der Waals surface area (Å²) in [5.74, 6) is 0.455. The maximum Gasteiger partial charge on any atom is 0.224 e. The van der Waals surface area contributed by atoms with Gasteiger partial charge in [-0.1, -0.05) is 24.3 Å². The highest BCUT2D eigenvalue weighted by Gasteiger charge is 2.12. The number of carbonyl (C=O) groups is 1. The Bertz CT molecular complexity index is 681. The number of amides is 1. The fraction of sp³-hybridized carbons (Fsp3) is 0.368. The van der Waals surface area contributed by atoms with Gasteiger partial charge in [-0.2, -0.15) is 0 Å². The number of nitrogens with one attached hydrogen (secondary N) is 1. The van der Waals surface area contributed by atoms with Crippen molar-refractivity contribution in [1.29, 1.82) is 0 Å². The number of halogens is 1.